The van der Waals surface area contributed by atoms with Gasteiger partial charge in [0.1, 0.15) is 5.75 Å². The van der Waals surface area contributed by atoms with Crippen molar-refractivity contribution in [2.75, 3.05) is 0 Å². The molecule has 10 heteroatoms. The van der Waals surface area contributed by atoms with Crippen molar-refractivity contribution >= 4 is 10.1 Å². The standard InChI is InChI=1S/C24H26O.C10H12.C6F5N.C6H8N.2Mo/c1-14-10-16(3)22(17(4)11-14)20-8-7-9-21(24(20)25)23-18(5)12-15(2)13-19(23)6;1-10(2,3)9-7-5-4-6-8-9;7-1-2(8)4(10)6(12)5(11)3(1)9;1-5-3-4-6(2)7-5;;/h7-13,25H,1-6H3;1,4-8H,2-3H3;;3-4H,1-2H3;;/q;;;-1;;. The smallest absolute Gasteiger partial charge is 0.131 e. The molecule has 0 unspecified atom stereocenters. The summed E-state index contributed by atoms with van der Waals surface area (Å²) in [6, 6.07) is 28.1. The molecule has 0 saturated carbocycles. The number of hydrogen-bond acceptors (Lipinski definition) is 2. The Balaban J connectivity index is 0.000000252. The van der Waals surface area contributed by atoms with Crippen molar-refractivity contribution in [2.24, 2.45) is 3.50 Å². The van der Waals surface area contributed by atoms with Crippen molar-refractivity contribution in [3.8, 4) is 28.0 Å². The van der Waals surface area contributed by atoms with Crippen molar-refractivity contribution in [3.05, 3.63) is 164 Å². The molecule has 0 spiro atoms. The van der Waals surface area contributed by atoms with E-state index >= 15 is 0 Å². The van der Waals surface area contributed by atoms with Crippen LogP contribution in [0, 0.1) is 84.5 Å². The van der Waals surface area contributed by atoms with Gasteiger partial charge < -0.3 is 10.1 Å². The van der Waals surface area contributed by atoms with Crippen molar-refractivity contribution in [1.29, 1.82) is 0 Å². The third-order valence-electron chi connectivity index (χ3n) is 9.04. The fraction of sp³-hybridized carbons (Fsp3) is 0.239. The van der Waals surface area contributed by atoms with Crippen molar-refractivity contribution in [1.82, 2.24) is 4.98 Å². The van der Waals surface area contributed by atoms with E-state index < -0.39 is 58.1 Å². The molecular weight excluding hydrogens is 883 g/mol. The molecule has 6 aromatic rings. The summed E-state index contributed by atoms with van der Waals surface area (Å²) < 4.78 is 71.7. The Morgan fingerprint density at radius 3 is 1.34 bits per heavy atom. The average Bonchev–Trinajstić information content (AvgIpc) is 3.51. The number of phenols is 1. The van der Waals surface area contributed by atoms with Gasteiger partial charge in [-0.3, -0.25) is 0 Å². The van der Waals surface area contributed by atoms with Gasteiger partial charge in [0.25, 0.3) is 0 Å². The van der Waals surface area contributed by atoms with E-state index in [0.29, 0.717) is 5.75 Å². The Kier molecular flexibility index (Phi) is 16.4. The minimum absolute atomic E-state index is 0. The molecule has 0 amide bonds. The van der Waals surface area contributed by atoms with E-state index in [1.807, 2.05) is 88.4 Å². The quantitative estimate of drug-likeness (QED) is 0.0810. The number of halogens is 5. The minimum atomic E-state index is -2.17. The van der Waals surface area contributed by atoms with E-state index in [4.69, 9.17) is 0 Å². The SMILES string of the molecule is CC(C)([CH]=[Mo]=[N]c1c(F)c(F)c(F)c(F)c1F)c1ccccc1.Cc1cc(C)c(-c2cccc(-c3c(C)cc(C)cc3C)c2O)c(C)c1.Cc1ccc(C)[n-]1.[Mo]. The molecule has 1 heterocycles. The molecule has 0 bridgehead atoms. The van der Waals surface area contributed by atoms with Gasteiger partial charge in [0, 0.05) is 32.2 Å². The molecule has 3 nitrogen and oxygen atoms in total. The Morgan fingerprint density at radius 1 is 0.571 bits per heavy atom. The fourth-order valence-electron chi connectivity index (χ4n) is 6.57. The topological polar surface area (TPSA) is 46.7 Å². The average molecular weight is 930 g/mol. The van der Waals surface area contributed by atoms with Gasteiger partial charge in [-0.25, -0.2) is 0 Å². The van der Waals surface area contributed by atoms with Crippen LogP contribution in [0.25, 0.3) is 22.3 Å². The van der Waals surface area contributed by atoms with Crippen LogP contribution in [-0.2, 0) is 44.4 Å². The van der Waals surface area contributed by atoms with Gasteiger partial charge >= 0.3 is 138 Å². The van der Waals surface area contributed by atoms with Crippen LogP contribution < -0.4 is 4.98 Å². The molecule has 0 aliphatic heterocycles. The van der Waals surface area contributed by atoms with Crippen LogP contribution in [0.3, 0.4) is 0 Å². The van der Waals surface area contributed by atoms with Crippen molar-refractivity contribution in [2.45, 2.75) is 74.7 Å². The maximum atomic E-state index is 13.5. The third kappa shape index (κ3) is 11.0. The largest absolute Gasteiger partial charge is 0.665 e. The predicted octanol–water partition coefficient (Wildman–Crippen LogP) is 12.9. The fourth-order valence-corrected chi connectivity index (χ4v) is 8.34. The van der Waals surface area contributed by atoms with E-state index in [2.05, 4.69) is 74.3 Å². The molecule has 0 saturated heterocycles. The second-order valence-corrected chi connectivity index (χ2v) is 15.8. The first-order valence-electron chi connectivity index (χ1n) is 17.7. The predicted molar refractivity (Wildman–Crippen MR) is 210 cm³/mol. The Morgan fingerprint density at radius 2 is 0.964 bits per heavy atom. The summed E-state index contributed by atoms with van der Waals surface area (Å²) in [6.07, 6.45) is 0. The molecule has 0 aliphatic rings. The molecule has 0 radical (unpaired) electrons. The number of aromatic nitrogens is 1. The molecule has 5 aromatic carbocycles. The molecule has 56 heavy (non-hydrogen) atoms. The van der Waals surface area contributed by atoms with Crippen LogP contribution >= 0.6 is 0 Å². The summed E-state index contributed by atoms with van der Waals surface area (Å²) in [5.41, 5.74) is 13.0. The zero-order chi connectivity index (χ0) is 40.8. The molecule has 1 N–H and O–H groups in total. The number of phenolic OH excluding ortho intramolecular Hbond substituents is 1. The Bertz CT molecular complexity index is 2230. The van der Waals surface area contributed by atoms with Crippen LogP contribution in [0.15, 0.2) is 88.4 Å². The van der Waals surface area contributed by atoms with Crippen LogP contribution in [0.5, 0.6) is 5.75 Å². The summed E-state index contributed by atoms with van der Waals surface area (Å²) in [4.78, 5) is 4.11. The number of aryl methyl sites for hydroxylation is 8. The first-order valence-corrected chi connectivity index (χ1v) is 19.7. The molecule has 0 aliphatic carbocycles. The molecular formula is C46H46F5Mo2N2O-. The minimum Gasteiger partial charge on any atom is -0.665 e. The van der Waals surface area contributed by atoms with Crippen LogP contribution in [0.1, 0.15) is 64.2 Å². The Hall–Kier alpha value is -4.12. The van der Waals surface area contributed by atoms with E-state index in [9.17, 15) is 27.1 Å². The van der Waals surface area contributed by atoms with Crippen molar-refractivity contribution < 1.29 is 66.0 Å². The van der Waals surface area contributed by atoms with Gasteiger partial charge in [-0.15, -0.1) is 0 Å². The molecule has 1 aromatic heterocycles. The maximum absolute atomic E-state index is 13.5. The zero-order valence-electron chi connectivity index (χ0n) is 33.2. The summed E-state index contributed by atoms with van der Waals surface area (Å²) in [5.74, 6) is -9.54. The van der Waals surface area contributed by atoms with Gasteiger partial charge in [0.15, 0.2) is 0 Å². The number of benzene rings is 5. The van der Waals surface area contributed by atoms with E-state index in [1.165, 1.54) is 33.4 Å². The van der Waals surface area contributed by atoms with Crippen LogP contribution in [-0.4, -0.2) is 9.51 Å². The van der Waals surface area contributed by atoms with Gasteiger partial charge in [-0.1, -0.05) is 79.6 Å². The summed E-state index contributed by atoms with van der Waals surface area (Å²) in [5, 5.41) is 11.1. The van der Waals surface area contributed by atoms with E-state index in [1.54, 1.807) is 4.40 Å². The summed E-state index contributed by atoms with van der Waals surface area (Å²) in [7, 11) is 0. The molecule has 0 atom stereocenters. The summed E-state index contributed by atoms with van der Waals surface area (Å²) >= 11 is -1.47. The number of rotatable bonds is 5. The second-order valence-electron chi connectivity index (χ2n) is 14.3. The first-order chi connectivity index (χ1) is 25.8. The van der Waals surface area contributed by atoms with Gasteiger partial charge in [0.2, 0.25) is 0 Å². The maximum Gasteiger partial charge on any atom is 0.131 e. The van der Waals surface area contributed by atoms with Gasteiger partial charge in [-0.2, -0.15) is 11.4 Å². The molecule has 6 rings (SSSR count). The van der Waals surface area contributed by atoms with E-state index in [-0.39, 0.29) is 21.1 Å². The Labute approximate surface area is 349 Å². The number of aromatic hydroxyl groups is 1. The van der Waals surface area contributed by atoms with Crippen LogP contribution in [0.4, 0.5) is 27.6 Å². The van der Waals surface area contributed by atoms with Gasteiger partial charge in [-0.05, 0) is 74.9 Å². The summed E-state index contributed by atoms with van der Waals surface area (Å²) in [6.45, 7) is 20.4. The monoisotopic (exact) mass is 933 g/mol. The third-order valence-corrected chi connectivity index (χ3v) is 11.5. The normalized spacial score (nSPS) is 10.7. The first kappa shape index (κ1) is 46.3. The molecule has 0 fully saturated rings. The second kappa shape index (κ2) is 19.8. The van der Waals surface area contributed by atoms with Gasteiger partial charge in [0.05, 0.1) is 0 Å². The number of hydrogen-bond donors (Lipinski definition) is 1. The van der Waals surface area contributed by atoms with Crippen molar-refractivity contribution in [3.63, 3.8) is 0 Å². The number of nitrogens with zero attached hydrogens (tertiary/aromatic N) is 2. The van der Waals surface area contributed by atoms with Crippen LogP contribution in [0.2, 0.25) is 0 Å². The molecule has 294 valence electrons. The zero-order valence-corrected chi connectivity index (χ0v) is 37.2. The number of para-hydroxylation sites is 1. The van der Waals surface area contributed by atoms with E-state index in [0.717, 1.165) is 39.2 Å².